The van der Waals surface area contributed by atoms with E-state index in [1.165, 1.54) is 6.92 Å². The second kappa shape index (κ2) is 10.8. The molecule has 2 aromatic rings. The number of hydrazine groups is 1. The fraction of sp³-hybridized carbons (Fsp3) is 0.333. The lowest BCUT2D eigenvalue weighted by molar-refractivity contribution is -0.154. The van der Waals surface area contributed by atoms with Crippen LogP contribution in [0.5, 0.6) is 0 Å². The van der Waals surface area contributed by atoms with Gasteiger partial charge in [-0.2, -0.15) is 0 Å². The predicted octanol–water partition coefficient (Wildman–Crippen LogP) is 1.03. The summed E-state index contributed by atoms with van der Waals surface area (Å²) in [6, 6.07) is 13.7. The fourth-order valence-electron chi connectivity index (χ4n) is 3.99. The Hall–Kier alpha value is -3.92. The van der Waals surface area contributed by atoms with Gasteiger partial charge in [0.15, 0.2) is 0 Å². The van der Waals surface area contributed by atoms with Crippen LogP contribution in [0.15, 0.2) is 48.5 Å². The third-order valence-electron chi connectivity index (χ3n) is 5.61. The Morgan fingerprint density at radius 3 is 2.21 bits per heavy atom. The van der Waals surface area contributed by atoms with E-state index in [-0.39, 0.29) is 25.6 Å². The van der Waals surface area contributed by atoms with E-state index >= 15 is 0 Å². The fourth-order valence-corrected chi connectivity index (χ4v) is 3.99. The van der Waals surface area contributed by atoms with Gasteiger partial charge in [0.05, 0.1) is 6.42 Å². The Bertz CT molecular complexity index is 1040. The van der Waals surface area contributed by atoms with E-state index in [1.807, 2.05) is 48.5 Å². The Kier molecular flexibility index (Phi) is 7.85. The van der Waals surface area contributed by atoms with Crippen molar-refractivity contribution in [3.8, 4) is 11.1 Å². The first-order valence-electron chi connectivity index (χ1n) is 10.9. The summed E-state index contributed by atoms with van der Waals surface area (Å²) in [6.45, 7) is 3.39. The Morgan fingerprint density at radius 1 is 1.15 bits per heavy atom. The van der Waals surface area contributed by atoms with Gasteiger partial charge >= 0.3 is 6.09 Å². The molecular formula is C24H28N4O6. The first kappa shape index (κ1) is 24.7. The lowest BCUT2D eigenvalue weighted by Crippen LogP contribution is -2.65. The number of benzene rings is 2. The van der Waals surface area contributed by atoms with Crippen LogP contribution in [-0.2, 0) is 19.1 Å². The molecule has 0 aromatic heterocycles. The van der Waals surface area contributed by atoms with E-state index in [2.05, 4.69) is 10.7 Å². The van der Waals surface area contributed by atoms with Crippen molar-refractivity contribution in [3.05, 3.63) is 59.7 Å². The van der Waals surface area contributed by atoms with Crippen LogP contribution in [0.2, 0.25) is 0 Å². The molecule has 1 aliphatic heterocycles. The number of hydrogen-bond acceptors (Lipinski definition) is 6. The van der Waals surface area contributed by atoms with Crippen molar-refractivity contribution in [2.24, 2.45) is 5.73 Å². The first-order valence-corrected chi connectivity index (χ1v) is 10.9. The maximum atomic E-state index is 12.6. The van der Waals surface area contributed by atoms with Gasteiger partial charge in [-0.1, -0.05) is 48.5 Å². The van der Waals surface area contributed by atoms with Crippen molar-refractivity contribution < 1.29 is 29.0 Å². The van der Waals surface area contributed by atoms with Crippen LogP contribution in [0.1, 0.15) is 37.3 Å². The van der Waals surface area contributed by atoms with Crippen LogP contribution in [-0.4, -0.2) is 59.2 Å². The average molecular weight is 469 g/mol. The molecule has 34 heavy (non-hydrogen) atoms. The zero-order valence-corrected chi connectivity index (χ0v) is 19.0. The van der Waals surface area contributed by atoms with E-state index in [9.17, 15) is 19.2 Å². The summed E-state index contributed by atoms with van der Waals surface area (Å²) in [4.78, 5) is 48.3. The first-order chi connectivity index (χ1) is 16.3. The molecule has 0 unspecified atom stereocenters. The van der Waals surface area contributed by atoms with Crippen molar-refractivity contribution in [2.45, 2.75) is 38.3 Å². The number of aliphatic hydroxyl groups is 1. The third kappa shape index (κ3) is 5.18. The molecule has 2 aliphatic rings. The summed E-state index contributed by atoms with van der Waals surface area (Å²) in [5, 5.41) is 10.8. The summed E-state index contributed by atoms with van der Waals surface area (Å²) in [7, 11) is 0. The van der Waals surface area contributed by atoms with Gasteiger partial charge in [-0.05, 0) is 36.1 Å². The molecule has 0 saturated carbocycles. The zero-order chi connectivity index (χ0) is 24.8. The SMILES string of the molecule is CCO.C[C@@H](C(N)=O)N1NC(=O)C[C@@H](NC(=O)OCC2c3ccccc3-c3ccccc32)C1=O. The summed E-state index contributed by atoms with van der Waals surface area (Å²) in [6.07, 6.45) is -1.08. The monoisotopic (exact) mass is 468 g/mol. The largest absolute Gasteiger partial charge is 0.449 e. The number of hydrogen-bond donors (Lipinski definition) is 4. The number of ether oxygens (including phenoxy) is 1. The van der Waals surface area contributed by atoms with Crippen LogP contribution in [0.25, 0.3) is 11.1 Å². The van der Waals surface area contributed by atoms with E-state index < -0.39 is 35.9 Å². The minimum absolute atomic E-state index is 0.0777. The number of amides is 4. The number of carbonyl (C=O) groups excluding carboxylic acids is 4. The lowest BCUT2D eigenvalue weighted by atomic mass is 9.98. The van der Waals surface area contributed by atoms with Crippen LogP contribution in [0, 0.1) is 0 Å². The number of aliphatic hydroxyl groups excluding tert-OH is 1. The van der Waals surface area contributed by atoms with E-state index in [0.29, 0.717) is 0 Å². The van der Waals surface area contributed by atoms with Crippen LogP contribution >= 0.6 is 0 Å². The molecule has 1 fully saturated rings. The van der Waals surface area contributed by atoms with Crippen LogP contribution < -0.4 is 16.5 Å². The molecule has 2 aromatic carbocycles. The zero-order valence-electron chi connectivity index (χ0n) is 19.0. The highest BCUT2D eigenvalue weighted by Crippen LogP contribution is 2.44. The van der Waals surface area contributed by atoms with Crippen LogP contribution in [0.4, 0.5) is 4.79 Å². The minimum atomic E-state index is -1.15. The molecule has 10 nitrogen and oxygen atoms in total. The average Bonchev–Trinajstić information content (AvgIpc) is 3.13. The van der Waals surface area contributed by atoms with Gasteiger partial charge in [0, 0.05) is 12.5 Å². The molecule has 1 aliphatic carbocycles. The van der Waals surface area contributed by atoms with Gasteiger partial charge in [-0.15, -0.1) is 0 Å². The van der Waals surface area contributed by atoms with Gasteiger partial charge < -0.3 is 20.9 Å². The number of fused-ring (bicyclic) bond motifs is 3. The Morgan fingerprint density at radius 2 is 1.68 bits per heavy atom. The highest BCUT2D eigenvalue weighted by molar-refractivity contribution is 5.97. The summed E-state index contributed by atoms with van der Waals surface area (Å²) in [5.41, 5.74) is 11.8. The Labute approximate surface area is 197 Å². The second-order valence-corrected chi connectivity index (χ2v) is 7.86. The molecule has 1 heterocycles. The van der Waals surface area contributed by atoms with Crippen molar-refractivity contribution in [3.63, 3.8) is 0 Å². The Balaban J connectivity index is 0.00000103. The lowest BCUT2D eigenvalue weighted by Gasteiger charge is -2.34. The van der Waals surface area contributed by atoms with Gasteiger partial charge in [0.25, 0.3) is 5.91 Å². The van der Waals surface area contributed by atoms with E-state index in [0.717, 1.165) is 27.3 Å². The number of nitrogens with zero attached hydrogens (tertiary/aromatic N) is 1. The maximum absolute atomic E-state index is 12.6. The highest BCUT2D eigenvalue weighted by Gasteiger charge is 2.38. The van der Waals surface area contributed by atoms with Gasteiger partial charge in [0.2, 0.25) is 11.8 Å². The predicted molar refractivity (Wildman–Crippen MR) is 123 cm³/mol. The minimum Gasteiger partial charge on any atom is -0.449 e. The molecular weight excluding hydrogens is 440 g/mol. The second-order valence-electron chi connectivity index (χ2n) is 7.86. The number of carbonyl (C=O) groups is 4. The van der Waals surface area contributed by atoms with Crippen LogP contribution in [0.3, 0.4) is 0 Å². The molecule has 0 bridgehead atoms. The quantitative estimate of drug-likeness (QED) is 0.515. The van der Waals surface area contributed by atoms with Crippen molar-refractivity contribution in [1.29, 1.82) is 0 Å². The normalized spacial score (nSPS) is 17.5. The van der Waals surface area contributed by atoms with Gasteiger partial charge in [-0.25, -0.2) is 9.80 Å². The number of rotatable bonds is 5. The molecule has 10 heteroatoms. The molecule has 180 valence electrons. The van der Waals surface area contributed by atoms with Gasteiger partial charge in [-0.3, -0.25) is 19.8 Å². The topological polar surface area (TPSA) is 151 Å². The maximum Gasteiger partial charge on any atom is 0.407 e. The van der Waals surface area contributed by atoms with E-state index in [1.54, 1.807) is 6.92 Å². The smallest absolute Gasteiger partial charge is 0.407 e. The molecule has 4 rings (SSSR count). The summed E-state index contributed by atoms with van der Waals surface area (Å²) >= 11 is 0. The molecule has 5 N–H and O–H groups in total. The molecule has 2 atom stereocenters. The van der Waals surface area contributed by atoms with E-state index in [4.69, 9.17) is 15.6 Å². The molecule has 4 amide bonds. The van der Waals surface area contributed by atoms with Crippen molar-refractivity contribution in [1.82, 2.24) is 15.8 Å². The standard InChI is InChI=1S/C22H22N4O5.C2H6O/c1-12(20(23)28)26-21(29)18(10-19(27)25-26)24-22(30)31-11-17-15-8-4-2-6-13(15)14-7-3-5-9-16(14)17;1-2-3/h2-9,12,17-18H,10-11H2,1H3,(H2,23,28)(H,24,30)(H,25,27);3H,2H2,1H3/t12-,18+;/m0./s1. The molecule has 1 saturated heterocycles. The number of primary amides is 1. The molecule has 0 radical (unpaired) electrons. The van der Waals surface area contributed by atoms with Crippen molar-refractivity contribution in [2.75, 3.05) is 13.2 Å². The number of nitrogens with two attached hydrogens (primary N) is 1. The third-order valence-corrected chi connectivity index (χ3v) is 5.61. The summed E-state index contributed by atoms with van der Waals surface area (Å²) < 4.78 is 5.43. The number of nitrogens with one attached hydrogen (secondary N) is 2. The van der Waals surface area contributed by atoms with Crippen molar-refractivity contribution >= 4 is 23.8 Å². The van der Waals surface area contributed by atoms with Gasteiger partial charge in [0.1, 0.15) is 18.7 Å². The highest BCUT2D eigenvalue weighted by atomic mass is 16.5. The molecule has 0 spiro atoms. The number of alkyl carbamates (subject to hydrolysis) is 1. The summed E-state index contributed by atoms with van der Waals surface area (Å²) in [5.74, 6) is -2.07.